The van der Waals surface area contributed by atoms with Crippen LogP contribution in [0.25, 0.3) is 11.3 Å². The number of ether oxygens (including phenoxy) is 1. The molecule has 0 N–H and O–H groups in total. The van der Waals surface area contributed by atoms with E-state index in [4.69, 9.17) is 9.15 Å². The van der Waals surface area contributed by atoms with Gasteiger partial charge in [0.05, 0.1) is 19.0 Å². The van der Waals surface area contributed by atoms with Crippen molar-refractivity contribution in [2.45, 2.75) is 13.5 Å². The van der Waals surface area contributed by atoms with Crippen molar-refractivity contribution in [3.05, 3.63) is 54.3 Å². The van der Waals surface area contributed by atoms with E-state index in [1.165, 1.54) is 11.0 Å². The van der Waals surface area contributed by atoms with Crippen molar-refractivity contribution in [2.75, 3.05) is 6.61 Å². The second-order valence-corrected chi connectivity index (χ2v) is 4.46. The smallest absolute Gasteiger partial charge is 0.360 e. The third kappa shape index (κ3) is 3.03. The SMILES string of the molecule is CCOC(=O)c1cnn(Cc2ncc(-c3ccccc3)o2)n1. The first-order valence-corrected chi connectivity index (χ1v) is 6.83. The maximum Gasteiger partial charge on any atom is 0.360 e. The molecule has 0 aliphatic carbocycles. The molecule has 0 atom stereocenters. The average molecular weight is 298 g/mol. The van der Waals surface area contributed by atoms with Gasteiger partial charge in [-0.1, -0.05) is 30.3 Å². The normalized spacial score (nSPS) is 10.6. The first-order valence-electron chi connectivity index (χ1n) is 6.83. The zero-order valence-electron chi connectivity index (χ0n) is 12.0. The van der Waals surface area contributed by atoms with E-state index in [9.17, 15) is 4.79 Å². The Morgan fingerprint density at radius 3 is 2.86 bits per heavy atom. The lowest BCUT2D eigenvalue weighted by Gasteiger charge is -1.97. The summed E-state index contributed by atoms with van der Waals surface area (Å²) in [7, 11) is 0. The van der Waals surface area contributed by atoms with E-state index >= 15 is 0 Å². The van der Waals surface area contributed by atoms with Crippen LogP contribution in [0.2, 0.25) is 0 Å². The monoisotopic (exact) mass is 298 g/mol. The molecule has 0 bridgehead atoms. The topological polar surface area (TPSA) is 83.0 Å². The lowest BCUT2D eigenvalue weighted by atomic mass is 10.2. The Bertz CT molecular complexity index is 764. The largest absolute Gasteiger partial charge is 0.461 e. The van der Waals surface area contributed by atoms with Crippen molar-refractivity contribution in [1.82, 2.24) is 20.0 Å². The van der Waals surface area contributed by atoms with Crippen molar-refractivity contribution < 1.29 is 13.9 Å². The zero-order valence-corrected chi connectivity index (χ0v) is 12.0. The van der Waals surface area contributed by atoms with Crippen LogP contribution in [-0.2, 0) is 11.3 Å². The molecule has 3 aromatic rings. The third-order valence-electron chi connectivity index (χ3n) is 2.91. The van der Waals surface area contributed by atoms with E-state index in [1.807, 2.05) is 30.3 Å². The van der Waals surface area contributed by atoms with E-state index in [1.54, 1.807) is 13.1 Å². The van der Waals surface area contributed by atoms with E-state index in [2.05, 4.69) is 15.2 Å². The number of esters is 1. The van der Waals surface area contributed by atoms with Crippen LogP contribution in [0.1, 0.15) is 23.3 Å². The lowest BCUT2D eigenvalue weighted by Crippen LogP contribution is -2.08. The Hall–Kier alpha value is -2.96. The summed E-state index contributed by atoms with van der Waals surface area (Å²) < 4.78 is 10.5. The van der Waals surface area contributed by atoms with Crippen LogP contribution < -0.4 is 0 Å². The molecule has 7 heteroatoms. The molecule has 0 amide bonds. The minimum Gasteiger partial charge on any atom is -0.461 e. The first-order chi connectivity index (χ1) is 10.8. The average Bonchev–Trinajstić information content (AvgIpc) is 3.18. The van der Waals surface area contributed by atoms with E-state index in [0.29, 0.717) is 18.3 Å². The number of carbonyl (C=O) groups is 1. The number of oxazole rings is 1. The summed E-state index contributed by atoms with van der Waals surface area (Å²) in [6, 6.07) is 9.67. The van der Waals surface area contributed by atoms with Crippen molar-refractivity contribution in [3.8, 4) is 11.3 Å². The Labute approximate surface area is 126 Å². The van der Waals surface area contributed by atoms with Crippen LogP contribution >= 0.6 is 0 Å². The maximum absolute atomic E-state index is 11.5. The minimum atomic E-state index is -0.494. The highest BCUT2D eigenvalue weighted by molar-refractivity contribution is 5.86. The van der Waals surface area contributed by atoms with E-state index < -0.39 is 5.97 Å². The van der Waals surface area contributed by atoms with Crippen LogP contribution in [0.3, 0.4) is 0 Å². The number of hydrogen-bond acceptors (Lipinski definition) is 6. The van der Waals surface area contributed by atoms with Gasteiger partial charge in [0, 0.05) is 5.56 Å². The molecule has 3 rings (SSSR count). The summed E-state index contributed by atoms with van der Waals surface area (Å²) in [4.78, 5) is 17.1. The predicted octanol–water partition coefficient (Wildman–Crippen LogP) is 2.16. The van der Waals surface area contributed by atoms with Crippen LogP contribution in [0.5, 0.6) is 0 Å². The lowest BCUT2D eigenvalue weighted by molar-refractivity contribution is 0.0518. The molecule has 2 aromatic heterocycles. The Balaban J connectivity index is 1.72. The molecule has 0 radical (unpaired) electrons. The summed E-state index contributed by atoms with van der Waals surface area (Å²) >= 11 is 0. The van der Waals surface area contributed by atoms with Crippen LogP contribution in [0.15, 0.2) is 47.1 Å². The summed E-state index contributed by atoms with van der Waals surface area (Å²) in [5.41, 5.74) is 1.11. The number of hydrogen-bond donors (Lipinski definition) is 0. The van der Waals surface area contributed by atoms with Gasteiger partial charge in [0.2, 0.25) is 5.89 Å². The molecular weight excluding hydrogens is 284 g/mol. The Kier molecular flexibility index (Phi) is 3.95. The van der Waals surface area contributed by atoms with Crippen LogP contribution in [-0.4, -0.2) is 32.6 Å². The van der Waals surface area contributed by atoms with Crippen molar-refractivity contribution in [2.24, 2.45) is 0 Å². The summed E-state index contributed by atoms with van der Waals surface area (Å²) in [6.07, 6.45) is 3.01. The van der Waals surface area contributed by atoms with Gasteiger partial charge in [0.1, 0.15) is 6.54 Å². The van der Waals surface area contributed by atoms with Gasteiger partial charge in [-0.05, 0) is 6.92 Å². The second-order valence-electron chi connectivity index (χ2n) is 4.46. The van der Waals surface area contributed by atoms with Crippen molar-refractivity contribution >= 4 is 5.97 Å². The predicted molar refractivity (Wildman–Crippen MR) is 77.0 cm³/mol. The summed E-state index contributed by atoms with van der Waals surface area (Å²) in [6.45, 7) is 2.28. The fourth-order valence-corrected chi connectivity index (χ4v) is 1.91. The molecule has 0 spiro atoms. The van der Waals surface area contributed by atoms with Gasteiger partial charge >= 0.3 is 5.97 Å². The Morgan fingerprint density at radius 2 is 2.09 bits per heavy atom. The van der Waals surface area contributed by atoms with Gasteiger partial charge in [0.25, 0.3) is 0 Å². The molecule has 2 heterocycles. The van der Waals surface area contributed by atoms with Gasteiger partial charge < -0.3 is 9.15 Å². The summed E-state index contributed by atoms with van der Waals surface area (Å²) in [5, 5.41) is 8.04. The molecule has 0 saturated carbocycles. The fraction of sp³-hybridized carbons (Fsp3) is 0.200. The quantitative estimate of drug-likeness (QED) is 0.671. The van der Waals surface area contributed by atoms with Gasteiger partial charge in [-0.3, -0.25) is 0 Å². The number of carbonyl (C=O) groups excluding carboxylic acids is 1. The maximum atomic E-state index is 11.5. The number of aromatic nitrogens is 4. The molecule has 0 unspecified atom stereocenters. The Morgan fingerprint density at radius 1 is 1.27 bits per heavy atom. The first kappa shape index (κ1) is 14.0. The van der Waals surface area contributed by atoms with Crippen molar-refractivity contribution in [1.29, 1.82) is 0 Å². The van der Waals surface area contributed by atoms with Crippen molar-refractivity contribution in [3.63, 3.8) is 0 Å². The molecule has 0 fully saturated rings. The molecular formula is C15H14N4O3. The zero-order chi connectivity index (χ0) is 15.4. The van der Waals surface area contributed by atoms with Crippen LogP contribution in [0.4, 0.5) is 0 Å². The highest BCUT2D eigenvalue weighted by atomic mass is 16.5. The molecule has 22 heavy (non-hydrogen) atoms. The molecule has 112 valence electrons. The standard InChI is InChI=1S/C15H14N4O3/c1-2-21-15(20)12-8-17-19(18-12)10-14-16-9-13(22-14)11-6-4-3-5-7-11/h3-9H,2,10H2,1H3. The number of nitrogens with zero attached hydrogens (tertiary/aromatic N) is 4. The third-order valence-corrected chi connectivity index (χ3v) is 2.91. The number of rotatable bonds is 5. The molecule has 0 saturated heterocycles. The second kappa shape index (κ2) is 6.21. The molecule has 1 aromatic carbocycles. The van der Waals surface area contributed by atoms with Crippen LogP contribution in [0, 0.1) is 0 Å². The van der Waals surface area contributed by atoms with Gasteiger partial charge in [-0.25, -0.2) is 9.78 Å². The molecule has 0 aliphatic rings. The highest BCUT2D eigenvalue weighted by Gasteiger charge is 2.13. The van der Waals surface area contributed by atoms with Gasteiger partial charge in [-0.15, -0.1) is 5.10 Å². The van der Waals surface area contributed by atoms with Gasteiger partial charge in [0.15, 0.2) is 11.5 Å². The van der Waals surface area contributed by atoms with E-state index in [0.717, 1.165) is 5.56 Å². The number of benzene rings is 1. The summed E-state index contributed by atoms with van der Waals surface area (Å²) in [5.74, 6) is 0.643. The minimum absolute atomic E-state index is 0.164. The van der Waals surface area contributed by atoms with Gasteiger partial charge in [-0.2, -0.15) is 9.90 Å². The molecule has 7 nitrogen and oxygen atoms in total. The highest BCUT2D eigenvalue weighted by Crippen LogP contribution is 2.19. The fourth-order valence-electron chi connectivity index (χ4n) is 1.91. The molecule has 0 aliphatic heterocycles. The van der Waals surface area contributed by atoms with E-state index in [-0.39, 0.29) is 12.2 Å².